The molecule has 0 fully saturated rings. The summed E-state index contributed by atoms with van der Waals surface area (Å²) in [5.74, 6) is -0.453. The van der Waals surface area contributed by atoms with E-state index in [4.69, 9.17) is 0 Å². The Labute approximate surface area is 132 Å². The van der Waals surface area contributed by atoms with Crippen LogP contribution in [0.15, 0.2) is 29.1 Å². The molecule has 0 radical (unpaired) electrons. The summed E-state index contributed by atoms with van der Waals surface area (Å²) in [4.78, 5) is 37.3. The molecule has 1 aromatic heterocycles. The zero-order chi connectivity index (χ0) is 17.1. The van der Waals surface area contributed by atoms with Crippen LogP contribution in [0.1, 0.15) is 32.7 Å². The molecule has 0 aliphatic rings. The van der Waals surface area contributed by atoms with Crippen LogP contribution in [0.25, 0.3) is 0 Å². The third kappa shape index (κ3) is 3.45. The molecule has 0 spiro atoms. The molecule has 0 bridgehead atoms. The summed E-state index contributed by atoms with van der Waals surface area (Å²) in [6, 6.07) is 6.15. The molecular formula is C16H17N3O4. The van der Waals surface area contributed by atoms with E-state index in [0.717, 1.165) is 11.3 Å². The number of pyridine rings is 1. The van der Waals surface area contributed by atoms with Gasteiger partial charge in [0.05, 0.1) is 4.92 Å². The number of hydrogen-bond donors (Lipinski definition) is 2. The minimum absolute atomic E-state index is 0.0579. The van der Waals surface area contributed by atoms with Crippen LogP contribution in [0, 0.1) is 30.9 Å². The standard InChI is InChI=1S/C16H17N3O4/c1-9-7-10(2)18-16(21)13(9)8-17-15(20)12-5-4-6-14(11(12)3)19(22)23/h4-7H,8H2,1-3H3,(H,17,20)(H,18,21). The van der Waals surface area contributed by atoms with Gasteiger partial charge in [0.2, 0.25) is 0 Å². The fraction of sp³-hybridized carbons (Fsp3) is 0.250. The van der Waals surface area contributed by atoms with E-state index in [2.05, 4.69) is 10.3 Å². The summed E-state index contributed by atoms with van der Waals surface area (Å²) in [5, 5.41) is 13.6. The van der Waals surface area contributed by atoms with Crippen molar-refractivity contribution in [2.75, 3.05) is 0 Å². The van der Waals surface area contributed by atoms with Gasteiger partial charge >= 0.3 is 0 Å². The first-order valence-corrected chi connectivity index (χ1v) is 7.03. The van der Waals surface area contributed by atoms with E-state index < -0.39 is 10.8 Å². The molecule has 7 heteroatoms. The normalized spacial score (nSPS) is 10.4. The first kappa shape index (κ1) is 16.4. The predicted molar refractivity (Wildman–Crippen MR) is 85.5 cm³/mol. The van der Waals surface area contributed by atoms with Gasteiger partial charge in [0.25, 0.3) is 17.2 Å². The summed E-state index contributed by atoms with van der Waals surface area (Å²) in [5.41, 5.74) is 2.15. The summed E-state index contributed by atoms with van der Waals surface area (Å²) in [6.45, 7) is 5.16. The second-order valence-corrected chi connectivity index (χ2v) is 5.33. The lowest BCUT2D eigenvalue weighted by Gasteiger charge is -2.09. The fourth-order valence-corrected chi connectivity index (χ4v) is 2.43. The van der Waals surface area contributed by atoms with Crippen molar-refractivity contribution in [3.8, 4) is 0 Å². The molecule has 2 N–H and O–H groups in total. The molecule has 1 amide bonds. The number of hydrogen-bond acceptors (Lipinski definition) is 4. The SMILES string of the molecule is Cc1cc(C)c(CNC(=O)c2cccc([N+](=O)[O-])c2C)c(=O)[nH]1. The largest absolute Gasteiger partial charge is 0.348 e. The van der Waals surface area contributed by atoms with Crippen LogP contribution >= 0.6 is 0 Å². The van der Waals surface area contributed by atoms with Gasteiger partial charge in [0.15, 0.2) is 0 Å². The Hall–Kier alpha value is -2.96. The van der Waals surface area contributed by atoms with E-state index in [1.165, 1.54) is 25.1 Å². The molecule has 1 heterocycles. The Morgan fingerprint density at radius 1 is 1.30 bits per heavy atom. The second kappa shape index (κ2) is 6.43. The first-order valence-electron chi connectivity index (χ1n) is 7.03. The fourth-order valence-electron chi connectivity index (χ4n) is 2.43. The van der Waals surface area contributed by atoms with Crippen molar-refractivity contribution in [2.45, 2.75) is 27.3 Å². The van der Waals surface area contributed by atoms with E-state index in [1.54, 1.807) is 13.8 Å². The third-order valence-corrected chi connectivity index (χ3v) is 3.67. The molecule has 0 unspecified atom stereocenters. The number of nitrogens with one attached hydrogen (secondary N) is 2. The number of benzene rings is 1. The van der Waals surface area contributed by atoms with Crippen LogP contribution in [-0.2, 0) is 6.54 Å². The van der Waals surface area contributed by atoms with Gasteiger partial charge in [-0.2, -0.15) is 0 Å². The Morgan fingerprint density at radius 3 is 2.61 bits per heavy atom. The number of carbonyl (C=O) groups excluding carboxylic acids is 1. The maximum atomic E-state index is 12.3. The van der Waals surface area contributed by atoms with Crippen molar-refractivity contribution in [3.63, 3.8) is 0 Å². The summed E-state index contributed by atoms with van der Waals surface area (Å²) in [6.07, 6.45) is 0. The van der Waals surface area contributed by atoms with Gasteiger partial charge in [0.1, 0.15) is 0 Å². The maximum absolute atomic E-state index is 12.3. The minimum Gasteiger partial charge on any atom is -0.348 e. The Balaban J connectivity index is 2.23. The number of carbonyl (C=O) groups is 1. The average molecular weight is 315 g/mol. The van der Waals surface area contributed by atoms with Crippen LogP contribution in [0.3, 0.4) is 0 Å². The van der Waals surface area contributed by atoms with Crippen LogP contribution in [0.4, 0.5) is 5.69 Å². The van der Waals surface area contributed by atoms with Crippen LogP contribution in [0.2, 0.25) is 0 Å². The van der Waals surface area contributed by atoms with Crippen LogP contribution in [0.5, 0.6) is 0 Å². The molecule has 0 saturated carbocycles. The number of aromatic amines is 1. The van der Waals surface area contributed by atoms with Gasteiger partial charge in [-0.15, -0.1) is 0 Å². The summed E-state index contributed by atoms with van der Waals surface area (Å²) >= 11 is 0. The van der Waals surface area contributed by atoms with Crippen LogP contribution in [-0.4, -0.2) is 15.8 Å². The zero-order valence-electron chi connectivity index (χ0n) is 13.1. The molecule has 2 rings (SSSR count). The lowest BCUT2D eigenvalue weighted by molar-refractivity contribution is -0.385. The van der Waals surface area contributed by atoms with Gasteiger partial charge in [-0.1, -0.05) is 6.07 Å². The third-order valence-electron chi connectivity index (χ3n) is 3.67. The number of nitro groups is 1. The lowest BCUT2D eigenvalue weighted by atomic mass is 10.1. The average Bonchev–Trinajstić information content (AvgIpc) is 2.45. The van der Waals surface area contributed by atoms with Crippen molar-refractivity contribution >= 4 is 11.6 Å². The molecule has 0 aliphatic heterocycles. The quantitative estimate of drug-likeness (QED) is 0.666. The van der Waals surface area contributed by atoms with Crippen LogP contribution < -0.4 is 10.9 Å². The topological polar surface area (TPSA) is 105 Å². The van der Waals surface area contributed by atoms with Gasteiger partial charge in [0, 0.05) is 35.0 Å². The van der Waals surface area contributed by atoms with Crippen molar-refractivity contribution in [3.05, 3.63) is 72.7 Å². The molecule has 0 atom stereocenters. The number of aromatic nitrogens is 1. The highest BCUT2D eigenvalue weighted by Gasteiger charge is 2.18. The number of amides is 1. The Kier molecular flexibility index (Phi) is 4.59. The van der Waals surface area contributed by atoms with Crippen molar-refractivity contribution in [1.82, 2.24) is 10.3 Å². The molecule has 2 aromatic rings. The molecule has 0 saturated heterocycles. The second-order valence-electron chi connectivity index (χ2n) is 5.33. The highest BCUT2D eigenvalue weighted by atomic mass is 16.6. The van der Waals surface area contributed by atoms with E-state index in [0.29, 0.717) is 11.1 Å². The first-order chi connectivity index (χ1) is 10.8. The molecular weight excluding hydrogens is 298 g/mol. The molecule has 7 nitrogen and oxygen atoms in total. The number of aryl methyl sites for hydroxylation is 2. The highest BCUT2D eigenvalue weighted by molar-refractivity contribution is 5.96. The van der Waals surface area contributed by atoms with Gasteiger partial charge in [-0.25, -0.2) is 0 Å². The number of H-pyrrole nitrogens is 1. The van der Waals surface area contributed by atoms with Crippen molar-refractivity contribution in [1.29, 1.82) is 0 Å². The van der Waals surface area contributed by atoms with E-state index >= 15 is 0 Å². The number of nitro benzene ring substituents is 1. The summed E-state index contributed by atoms with van der Waals surface area (Å²) in [7, 11) is 0. The van der Waals surface area contributed by atoms with Gasteiger partial charge < -0.3 is 10.3 Å². The monoisotopic (exact) mass is 315 g/mol. The smallest absolute Gasteiger partial charge is 0.273 e. The number of nitrogens with zero attached hydrogens (tertiary/aromatic N) is 1. The lowest BCUT2D eigenvalue weighted by Crippen LogP contribution is -2.28. The van der Waals surface area contributed by atoms with Crippen molar-refractivity contribution < 1.29 is 9.72 Å². The molecule has 120 valence electrons. The zero-order valence-corrected chi connectivity index (χ0v) is 13.1. The highest BCUT2D eigenvalue weighted by Crippen LogP contribution is 2.21. The Bertz CT molecular complexity index is 840. The van der Waals surface area contributed by atoms with Gasteiger partial charge in [-0.3, -0.25) is 19.7 Å². The Morgan fingerprint density at radius 2 is 2.00 bits per heavy atom. The molecule has 1 aromatic carbocycles. The number of rotatable bonds is 4. The molecule has 0 aliphatic carbocycles. The summed E-state index contributed by atoms with van der Waals surface area (Å²) < 4.78 is 0. The predicted octanol–water partition coefficient (Wildman–Crippen LogP) is 2.14. The maximum Gasteiger partial charge on any atom is 0.273 e. The minimum atomic E-state index is -0.527. The van der Waals surface area contributed by atoms with Crippen molar-refractivity contribution in [2.24, 2.45) is 0 Å². The van der Waals surface area contributed by atoms with E-state index in [-0.39, 0.29) is 23.4 Å². The van der Waals surface area contributed by atoms with Gasteiger partial charge in [-0.05, 0) is 38.5 Å². The van der Waals surface area contributed by atoms with E-state index in [1.807, 2.05) is 6.07 Å². The van der Waals surface area contributed by atoms with E-state index in [9.17, 15) is 19.7 Å². The molecule has 23 heavy (non-hydrogen) atoms.